The third-order valence-electron chi connectivity index (χ3n) is 4.45. The van der Waals surface area contributed by atoms with E-state index in [0.717, 1.165) is 18.8 Å². The molecule has 116 valence electrons. The second-order valence-corrected chi connectivity index (χ2v) is 7.46. The van der Waals surface area contributed by atoms with E-state index < -0.39 is 5.60 Å². The first kappa shape index (κ1) is 15.6. The van der Waals surface area contributed by atoms with E-state index in [1.807, 2.05) is 20.8 Å². The van der Waals surface area contributed by atoms with Gasteiger partial charge in [0.1, 0.15) is 5.60 Å². The SMILES string of the molecule is CCC1CCC(NC2CC(NC(=O)OC(C)(C)C)C2)C1. The molecule has 0 aromatic carbocycles. The van der Waals surface area contributed by atoms with Gasteiger partial charge in [-0.1, -0.05) is 13.3 Å². The molecular weight excluding hydrogens is 252 g/mol. The zero-order valence-corrected chi connectivity index (χ0v) is 13.4. The fourth-order valence-electron chi connectivity index (χ4n) is 3.28. The maximum Gasteiger partial charge on any atom is 0.407 e. The Kier molecular flexibility index (Phi) is 4.95. The van der Waals surface area contributed by atoms with Crippen LogP contribution in [0, 0.1) is 5.92 Å². The van der Waals surface area contributed by atoms with Crippen molar-refractivity contribution < 1.29 is 9.53 Å². The van der Waals surface area contributed by atoms with Crippen LogP contribution in [0.3, 0.4) is 0 Å². The number of carbonyl (C=O) groups is 1. The number of carbonyl (C=O) groups excluding carboxylic acids is 1. The molecule has 0 radical (unpaired) electrons. The van der Waals surface area contributed by atoms with Gasteiger partial charge < -0.3 is 15.4 Å². The quantitative estimate of drug-likeness (QED) is 0.832. The highest BCUT2D eigenvalue weighted by atomic mass is 16.6. The molecule has 0 spiro atoms. The maximum absolute atomic E-state index is 11.6. The van der Waals surface area contributed by atoms with Crippen LogP contribution in [0.1, 0.15) is 66.2 Å². The summed E-state index contributed by atoms with van der Waals surface area (Å²) in [6.07, 6.45) is 7.12. The molecule has 2 fully saturated rings. The first-order valence-corrected chi connectivity index (χ1v) is 8.11. The molecule has 0 aromatic heterocycles. The van der Waals surface area contributed by atoms with Crippen LogP contribution in [0.4, 0.5) is 4.79 Å². The molecule has 2 atom stereocenters. The molecule has 20 heavy (non-hydrogen) atoms. The largest absolute Gasteiger partial charge is 0.444 e. The summed E-state index contributed by atoms with van der Waals surface area (Å²) in [6, 6.07) is 1.56. The first-order chi connectivity index (χ1) is 9.35. The van der Waals surface area contributed by atoms with Crippen LogP contribution in [0.2, 0.25) is 0 Å². The van der Waals surface area contributed by atoms with Gasteiger partial charge in [0.25, 0.3) is 0 Å². The van der Waals surface area contributed by atoms with Gasteiger partial charge in [-0.05, 0) is 58.8 Å². The van der Waals surface area contributed by atoms with Gasteiger partial charge in [0, 0.05) is 18.1 Å². The molecule has 2 unspecified atom stereocenters. The minimum atomic E-state index is -0.412. The molecular formula is C16H30N2O2. The molecule has 0 heterocycles. The summed E-state index contributed by atoms with van der Waals surface area (Å²) in [5.74, 6) is 0.920. The smallest absolute Gasteiger partial charge is 0.407 e. The van der Waals surface area contributed by atoms with Crippen LogP contribution in [-0.2, 0) is 4.74 Å². The predicted octanol–water partition coefficient (Wildman–Crippen LogP) is 3.21. The Morgan fingerprint density at radius 1 is 1.10 bits per heavy atom. The van der Waals surface area contributed by atoms with Crippen molar-refractivity contribution in [2.75, 3.05) is 0 Å². The van der Waals surface area contributed by atoms with Gasteiger partial charge in [0.15, 0.2) is 0 Å². The Labute approximate surface area is 123 Å². The fraction of sp³-hybridized carbons (Fsp3) is 0.938. The van der Waals surface area contributed by atoms with Crippen LogP contribution in [0.5, 0.6) is 0 Å². The summed E-state index contributed by atoms with van der Waals surface area (Å²) in [7, 11) is 0. The van der Waals surface area contributed by atoms with Crippen molar-refractivity contribution in [1.82, 2.24) is 10.6 Å². The van der Waals surface area contributed by atoms with Crippen molar-refractivity contribution in [3.8, 4) is 0 Å². The van der Waals surface area contributed by atoms with Gasteiger partial charge in [-0.25, -0.2) is 4.79 Å². The minimum absolute atomic E-state index is 0.283. The molecule has 2 aliphatic carbocycles. The number of rotatable bonds is 4. The van der Waals surface area contributed by atoms with Crippen LogP contribution in [0.15, 0.2) is 0 Å². The maximum atomic E-state index is 11.6. The third-order valence-corrected chi connectivity index (χ3v) is 4.45. The lowest BCUT2D eigenvalue weighted by Gasteiger charge is -2.38. The number of nitrogens with one attached hydrogen (secondary N) is 2. The van der Waals surface area contributed by atoms with Crippen molar-refractivity contribution in [2.24, 2.45) is 5.92 Å². The lowest BCUT2D eigenvalue weighted by Crippen LogP contribution is -2.54. The van der Waals surface area contributed by atoms with E-state index in [0.29, 0.717) is 12.1 Å². The number of hydrogen-bond donors (Lipinski definition) is 2. The van der Waals surface area contributed by atoms with E-state index in [-0.39, 0.29) is 12.1 Å². The predicted molar refractivity (Wildman–Crippen MR) is 80.7 cm³/mol. The molecule has 0 bridgehead atoms. The molecule has 0 aromatic rings. The van der Waals surface area contributed by atoms with Crippen molar-refractivity contribution in [2.45, 2.75) is 89.9 Å². The van der Waals surface area contributed by atoms with Crippen LogP contribution in [0.25, 0.3) is 0 Å². The highest BCUT2D eigenvalue weighted by Crippen LogP contribution is 2.30. The van der Waals surface area contributed by atoms with Gasteiger partial charge in [0.2, 0.25) is 0 Å². The number of amides is 1. The lowest BCUT2D eigenvalue weighted by atomic mass is 9.86. The average molecular weight is 282 g/mol. The summed E-state index contributed by atoms with van der Waals surface area (Å²) in [5, 5.41) is 6.69. The normalized spacial score (nSPS) is 33.6. The third kappa shape index (κ3) is 4.65. The number of ether oxygens (including phenoxy) is 1. The van der Waals surface area contributed by atoms with Crippen molar-refractivity contribution >= 4 is 6.09 Å². The van der Waals surface area contributed by atoms with E-state index in [1.54, 1.807) is 0 Å². The molecule has 2 saturated carbocycles. The monoisotopic (exact) mass is 282 g/mol. The summed E-state index contributed by atoms with van der Waals surface area (Å²) >= 11 is 0. The van der Waals surface area contributed by atoms with Crippen molar-refractivity contribution in [3.63, 3.8) is 0 Å². The minimum Gasteiger partial charge on any atom is -0.444 e. The standard InChI is InChI=1S/C16H30N2O2/c1-5-11-6-7-12(8-11)17-13-9-14(10-13)18-15(19)20-16(2,3)4/h11-14,17H,5-10H2,1-4H3,(H,18,19). The van der Waals surface area contributed by atoms with Gasteiger partial charge >= 0.3 is 6.09 Å². The number of alkyl carbamates (subject to hydrolysis) is 1. The fourth-order valence-corrected chi connectivity index (χ4v) is 3.28. The van der Waals surface area contributed by atoms with E-state index in [9.17, 15) is 4.79 Å². The summed E-state index contributed by atoms with van der Waals surface area (Å²) in [4.78, 5) is 11.6. The molecule has 0 saturated heterocycles. The zero-order chi connectivity index (χ0) is 14.8. The Morgan fingerprint density at radius 2 is 1.80 bits per heavy atom. The molecule has 4 heteroatoms. The van der Waals surface area contributed by atoms with E-state index in [4.69, 9.17) is 4.74 Å². The van der Waals surface area contributed by atoms with Gasteiger partial charge in [-0.3, -0.25) is 0 Å². The van der Waals surface area contributed by atoms with Crippen LogP contribution < -0.4 is 10.6 Å². The van der Waals surface area contributed by atoms with Crippen molar-refractivity contribution in [3.05, 3.63) is 0 Å². The highest BCUT2D eigenvalue weighted by Gasteiger charge is 2.34. The van der Waals surface area contributed by atoms with Crippen LogP contribution in [-0.4, -0.2) is 29.8 Å². The van der Waals surface area contributed by atoms with Gasteiger partial charge in [-0.15, -0.1) is 0 Å². The van der Waals surface area contributed by atoms with Gasteiger partial charge in [0.05, 0.1) is 0 Å². The lowest BCUT2D eigenvalue weighted by molar-refractivity contribution is 0.0463. The Hall–Kier alpha value is -0.770. The average Bonchev–Trinajstić information content (AvgIpc) is 2.71. The van der Waals surface area contributed by atoms with E-state index in [2.05, 4.69) is 17.6 Å². The van der Waals surface area contributed by atoms with Crippen molar-refractivity contribution in [1.29, 1.82) is 0 Å². The summed E-state index contributed by atoms with van der Waals surface area (Å²) in [6.45, 7) is 7.96. The van der Waals surface area contributed by atoms with E-state index >= 15 is 0 Å². The molecule has 2 rings (SSSR count). The molecule has 2 aliphatic rings. The second-order valence-electron chi connectivity index (χ2n) is 7.46. The zero-order valence-electron chi connectivity index (χ0n) is 13.4. The topological polar surface area (TPSA) is 50.4 Å². The van der Waals surface area contributed by atoms with E-state index in [1.165, 1.54) is 25.7 Å². The summed E-state index contributed by atoms with van der Waals surface area (Å²) < 4.78 is 5.27. The van der Waals surface area contributed by atoms with Crippen LogP contribution >= 0.6 is 0 Å². The Bertz CT molecular complexity index is 332. The highest BCUT2D eigenvalue weighted by molar-refractivity contribution is 5.68. The molecule has 2 N–H and O–H groups in total. The molecule has 1 amide bonds. The molecule has 4 nitrogen and oxygen atoms in total. The number of hydrogen-bond acceptors (Lipinski definition) is 3. The van der Waals surface area contributed by atoms with Gasteiger partial charge in [-0.2, -0.15) is 0 Å². The second kappa shape index (κ2) is 6.33. The first-order valence-electron chi connectivity index (χ1n) is 8.11. The molecule has 0 aliphatic heterocycles. The Balaban J connectivity index is 1.59. The Morgan fingerprint density at radius 3 is 2.35 bits per heavy atom. The summed E-state index contributed by atoms with van der Waals surface area (Å²) in [5.41, 5.74) is -0.412.